The van der Waals surface area contributed by atoms with Crippen LogP contribution in [0, 0.1) is 6.92 Å². The van der Waals surface area contributed by atoms with Crippen molar-refractivity contribution >= 4 is 51.4 Å². The lowest BCUT2D eigenvalue weighted by Gasteiger charge is -2.20. The molecule has 3 rings (SSSR count). The van der Waals surface area contributed by atoms with E-state index < -0.39 is 0 Å². The summed E-state index contributed by atoms with van der Waals surface area (Å²) < 4.78 is 0. The SMILES string of the molecule is Cc1csc(N(C(=O)CCSc2ccc(Cl)cc2)c2ccccc2)n1. The zero-order valence-corrected chi connectivity index (χ0v) is 16.1. The second-order valence-electron chi connectivity index (χ2n) is 5.39. The van der Waals surface area contributed by atoms with Gasteiger partial charge >= 0.3 is 0 Å². The van der Waals surface area contributed by atoms with Crippen LogP contribution in [0.2, 0.25) is 5.02 Å². The van der Waals surface area contributed by atoms with Gasteiger partial charge in [-0.3, -0.25) is 9.69 Å². The van der Waals surface area contributed by atoms with Crippen LogP contribution in [0.5, 0.6) is 0 Å². The van der Waals surface area contributed by atoms with Crippen LogP contribution in [0.4, 0.5) is 10.8 Å². The number of halogens is 1. The Morgan fingerprint density at radius 3 is 2.52 bits per heavy atom. The van der Waals surface area contributed by atoms with Crippen molar-refractivity contribution in [1.82, 2.24) is 4.98 Å². The van der Waals surface area contributed by atoms with Crippen LogP contribution in [0.25, 0.3) is 0 Å². The second-order valence-corrected chi connectivity index (χ2v) is 7.83. The molecule has 0 N–H and O–H groups in total. The van der Waals surface area contributed by atoms with Crippen molar-refractivity contribution in [3.63, 3.8) is 0 Å². The number of para-hydroxylation sites is 1. The summed E-state index contributed by atoms with van der Waals surface area (Å²) >= 11 is 9.03. The standard InChI is InChI=1S/C19H17ClN2OS2/c1-14-13-25-19(21-14)22(16-5-3-2-4-6-16)18(23)11-12-24-17-9-7-15(20)8-10-17/h2-10,13H,11-12H2,1H3. The maximum atomic E-state index is 12.9. The summed E-state index contributed by atoms with van der Waals surface area (Å²) in [5, 5.41) is 3.39. The quantitative estimate of drug-likeness (QED) is 0.489. The fourth-order valence-corrected chi connectivity index (χ4v) is 4.09. The highest BCUT2D eigenvalue weighted by atomic mass is 35.5. The Hall–Kier alpha value is -1.82. The third-order valence-electron chi connectivity index (χ3n) is 3.46. The maximum Gasteiger partial charge on any atom is 0.234 e. The van der Waals surface area contributed by atoms with E-state index in [4.69, 9.17) is 11.6 Å². The van der Waals surface area contributed by atoms with Gasteiger partial charge in [-0.25, -0.2) is 4.98 Å². The van der Waals surface area contributed by atoms with Crippen LogP contribution in [-0.2, 0) is 4.79 Å². The number of carbonyl (C=O) groups excluding carboxylic acids is 1. The smallest absolute Gasteiger partial charge is 0.234 e. The van der Waals surface area contributed by atoms with E-state index in [-0.39, 0.29) is 5.91 Å². The molecule has 0 bridgehead atoms. The molecule has 25 heavy (non-hydrogen) atoms. The highest BCUT2D eigenvalue weighted by Gasteiger charge is 2.20. The Kier molecular flexibility index (Phi) is 6.13. The molecule has 0 radical (unpaired) electrons. The van der Waals surface area contributed by atoms with E-state index in [0.717, 1.165) is 21.3 Å². The van der Waals surface area contributed by atoms with Gasteiger partial charge in [0.15, 0.2) is 5.13 Å². The summed E-state index contributed by atoms with van der Waals surface area (Å²) in [5.74, 6) is 0.746. The number of rotatable bonds is 6. The predicted molar refractivity (Wildman–Crippen MR) is 107 cm³/mol. The van der Waals surface area contributed by atoms with Crippen molar-refractivity contribution in [2.45, 2.75) is 18.2 Å². The van der Waals surface area contributed by atoms with E-state index in [1.165, 1.54) is 11.3 Å². The van der Waals surface area contributed by atoms with Gasteiger partial charge in [-0.2, -0.15) is 0 Å². The number of aryl methyl sites for hydroxylation is 1. The lowest BCUT2D eigenvalue weighted by Crippen LogP contribution is -2.26. The summed E-state index contributed by atoms with van der Waals surface area (Å²) in [6, 6.07) is 17.3. The number of thioether (sulfide) groups is 1. The molecular weight excluding hydrogens is 372 g/mol. The molecule has 0 aliphatic heterocycles. The van der Waals surface area contributed by atoms with E-state index in [1.807, 2.05) is 66.9 Å². The fourth-order valence-electron chi connectivity index (χ4n) is 2.28. The lowest BCUT2D eigenvalue weighted by molar-refractivity contribution is -0.117. The van der Waals surface area contributed by atoms with Gasteiger partial charge < -0.3 is 0 Å². The number of thiazole rings is 1. The van der Waals surface area contributed by atoms with Crippen molar-refractivity contribution < 1.29 is 4.79 Å². The Bertz CT molecular complexity index is 834. The number of benzene rings is 2. The topological polar surface area (TPSA) is 33.2 Å². The van der Waals surface area contributed by atoms with Crippen LogP contribution in [-0.4, -0.2) is 16.6 Å². The fraction of sp³-hybridized carbons (Fsp3) is 0.158. The molecule has 0 saturated carbocycles. The first-order valence-electron chi connectivity index (χ1n) is 7.82. The van der Waals surface area contributed by atoms with E-state index in [1.54, 1.807) is 16.7 Å². The number of anilines is 2. The average Bonchev–Trinajstić information content (AvgIpc) is 3.04. The summed E-state index contributed by atoms with van der Waals surface area (Å²) in [6.07, 6.45) is 0.431. The van der Waals surface area contributed by atoms with Gasteiger partial charge in [0, 0.05) is 27.5 Å². The first-order chi connectivity index (χ1) is 12.1. The molecule has 2 aromatic carbocycles. The number of aromatic nitrogens is 1. The van der Waals surface area contributed by atoms with Crippen molar-refractivity contribution in [1.29, 1.82) is 0 Å². The first-order valence-corrected chi connectivity index (χ1v) is 10.1. The Morgan fingerprint density at radius 2 is 1.88 bits per heavy atom. The van der Waals surface area contributed by atoms with Crippen LogP contribution >= 0.6 is 34.7 Å². The molecule has 3 nitrogen and oxygen atoms in total. The number of hydrogen-bond acceptors (Lipinski definition) is 4. The van der Waals surface area contributed by atoms with E-state index in [9.17, 15) is 4.79 Å². The molecule has 128 valence electrons. The highest BCUT2D eigenvalue weighted by molar-refractivity contribution is 7.99. The third-order valence-corrected chi connectivity index (χ3v) is 5.67. The van der Waals surface area contributed by atoms with Gasteiger partial charge in [0.1, 0.15) is 0 Å². The number of carbonyl (C=O) groups is 1. The van der Waals surface area contributed by atoms with Gasteiger partial charge in [-0.1, -0.05) is 29.8 Å². The zero-order chi connectivity index (χ0) is 17.6. The number of hydrogen-bond donors (Lipinski definition) is 0. The molecule has 0 unspecified atom stereocenters. The summed E-state index contributed by atoms with van der Waals surface area (Å²) in [6.45, 7) is 1.93. The van der Waals surface area contributed by atoms with Gasteiger partial charge in [0.25, 0.3) is 0 Å². The molecule has 0 fully saturated rings. The molecule has 1 aromatic heterocycles. The molecule has 1 heterocycles. The van der Waals surface area contributed by atoms with Gasteiger partial charge in [0.2, 0.25) is 5.91 Å². The third kappa shape index (κ3) is 4.84. The van der Waals surface area contributed by atoms with Crippen molar-refractivity contribution in [2.75, 3.05) is 10.7 Å². The molecular formula is C19H17ClN2OS2. The van der Waals surface area contributed by atoms with Crippen LogP contribution in [0.15, 0.2) is 64.9 Å². The van der Waals surface area contributed by atoms with Gasteiger partial charge in [-0.05, 0) is 43.3 Å². The number of amides is 1. The summed E-state index contributed by atoms with van der Waals surface area (Å²) in [7, 11) is 0. The first kappa shape index (κ1) is 18.0. The van der Waals surface area contributed by atoms with Gasteiger partial charge in [0.05, 0.1) is 11.4 Å². The van der Waals surface area contributed by atoms with Crippen LogP contribution < -0.4 is 4.90 Å². The predicted octanol–water partition coefficient (Wildman–Crippen LogP) is 5.95. The van der Waals surface area contributed by atoms with Crippen molar-refractivity contribution in [2.24, 2.45) is 0 Å². The molecule has 0 aliphatic rings. The lowest BCUT2D eigenvalue weighted by atomic mass is 10.3. The Balaban J connectivity index is 1.70. The largest absolute Gasteiger partial charge is 0.274 e. The molecule has 3 aromatic rings. The minimum Gasteiger partial charge on any atom is -0.274 e. The van der Waals surface area contributed by atoms with Crippen molar-refractivity contribution in [3.05, 3.63) is 70.7 Å². The monoisotopic (exact) mass is 388 g/mol. The molecule has 0 atom stereocenters. The number of nitrogens with zero attached hydrogens (tertiary/aromatic N) is 2. The molecule has 6 heteroatoms. The second kappa shape index (κ2) is 8.52. The average molecular weight is 389 g/mol. The normalized spacial score (nSPS) is 10.6. The van der Waals surface area contributed by atoms with Crippen molar-refractivity contribution in [3.8, 4) is 0 Å². The Labute approximate surface area is 160 Å². The minimum absolute atomic E-state index is 0.0435. The van der Waals surface area contributed by atoms with Crippen LogP contribution in [0.1, 0.15) is 12.1 Å². The molecule has 0 aliphatic carbocycles. The van der Waals surface area contributed by atoms with E-state index in [2.05, 4.69) is 4.98 Å². The highest BCUT2D eigenvalue weighted by Crippen LogP contribution is 2.30. The maximum absolute atomic E-state index is 12.9. The van der Waals surface area contributed by atoms with E-state index in [0.29, 0.717) is 17.3 Å². The molecule has 0 spiro atoms. The summed E-state index contributed by atoms with van der Waals surface area (Å²) in [5.41, 5.74) is 1.77. The minimum atomic E-state index is 0.0435. The molecule has 0 saturated heterocycles. The van der Waals surface area contributed by atoms with Gasteiger partial charge in [-0.15, -0.1) is 23.1 Å². The zero-order valence-electron chi connectivity index (χ0n) is 13.7. The Morgan fingerprint density at radius 1 is 1.16 bits per heavy atom. The van der Waals surface area contributed by atoms with E-state index >= 15 is 0 Å². The van der Waals surface area contributed by atoms with Crippen LogP contribution in [0.3, 0.4) is 0 Å². The molecule has 1 amide bonds. The summed E-state index contributed by atoms with van der Waals surface area (Å²) in [4.78, 5) is 20.2.